The van der Waals surface area contributed by atoms with Crippen LogP contribution in [0.15, 0.2) is 23.1 Å². The van der Waals surface area contributed by atoms with Gasteiger partial charge in [0.15, 0.2) is 0 Å². The highest BCUT2D eigenvalue weighted by Gasteiger charge is 2.20. The molecule has 1 N–H and O–H groups in total. The van der Waals surface area contributed by atoms with Crippen molar-refractivity contribution >= 4 is 22.6 Å². The number of anilines is 1. The minimum atomic E-state index is -1.30. The topological polar surface area (TPSA) is 76.6 Å². The van der Waals surface area contributed by atoms with Crippen LogP contribution in [0.4, 0.5) is 10.1 Å². The number of benzene rings is 1. The number of halogens is 1. The summed E-state index contributed by atoms with van der Waals surface area (Å²) in [4.78, 5) is 25.4. The molecular weight excluding hydrogens is 301 g/mol. The van der Waals surface area contributed by atoms with Gasteiger partial charge in [-0.05, 0) is 19.1 Å². The molecule has 2 heterocycles. The van der Waals surface area contributed by atoms with Crippen LogP contribution in [0.25, 0.3) is 10.9 Å². The third-order valence-electron chi connectivity index (χ3n) is 4.12. The molecular formula is C16H17FN3O3. The normalized spacial score (nSPS) is 15.1. The molecule has 3 rings (SSSR count). The first-order valence-electron chi connectivity index (χ1n) is 7.51. The summed E-state index contributed by atoms with van der Waals surface area (Å²) < 4.78 is 16.1. The summed E-state index contributed by atoms with van der Waals surface area (Å²) in [6.45, 7) is 4.89. The maximum absolute atomic E-state index is 14.5. The molecule has 0 spiro atoms. The molecule has 6 nitrogen and oxygen atoms in total. The number of aromatic carboxylic acids is 1. The van der Waals surface area contributed by atoms with Crippen LogP contribution >= 0.6 is 0 Å². The first-order valence-corrected chi connectivity index (χ1v) is 7.51. The van der Waals surface area contributed by atoms with E-state index in [4.69, 9.17) is 5.11 Å². The Morgan fingerprint density at radius 3 is 2.65 bits per heavy atom. The van der Waals surface area contributed by atoms with E-state index in [1.54, 1.807) is 10.6 Å². The van der Waals surface area contributed by atoms with Crippen LogP contribution in [0.1, 0.15) is 17.3 Å². The average Bonchev–Trinajstić information content (AvgIpc) is 2.55. The Morgan fingerprint density at radius 1 is 1.35 bits per heavy atom. The summed E-state index contributed by atoms with van der Waals surface area (Å²) in [6.07, 6.45) is 1.32. The summed E-state index contributed by atoms with van der Waals surface area (Å²) in [5, 5.41) is 13.5. The molecule has 7 heteroatoms. The summed E-state index contributed by atoms with van der Waals surface area (Å²) >= 11 is 0. The monoisotopic (exact) mass is 318 g/mol. The second-order valence-corrected chi connectivity index (χ2v) is 5.44. The molecule has 2 aromatic rings. The number of carboxylic acid groups (broad SMARTS) is 1. The van der Waals surface area contributed by atoms with Gasteiger partial charge in [-0.2, -0.15) is 0 Å². The van der Waals surface area contributed by atoms with Crippen LogP contribution in [-0.4, -0.2) is 41.8 Å². The van der Waals surface area contributed by atoms with Crippen molar-refractivity contribution in [2.45, 2.75) is 13.5 Å². The van der Waals surface area contributed by atoms with Gasteiger partial charge in [0.05, 0.1) is 11.2 Å². The molecule has 1 aromatic heterocycles. The van der Waals surface area contributed by atoms with Crippen LogP contribution in [0.3, 0.4) is 0 Å². The average molecular weight is 318 g/mol. The van der Waals surface area contributed by atoms with Gasteiger partial charge in [-0.25, -0.2) is 14.5 Å². The van der Waals surface area contributed by atoms with E-state index in [1.165, 1.54) is 6.20 Å². The first kappa shape index (κ1) is 15.5. The highest BCUT2D eigenvalue weighted by Crippen LogP contribution is 2.25. The fraction of sp³-hybridized carbons (Fsp3) is 0.375. The third kappa shape index (κ3) is 2.68. The number of carboxylic acids is 1. The molecule has 0 atom stereocenters. The Hall–Kier alpha value is -2.41. The summed E-state index contributed by atoms with van der Waals surface area (Å²) in [5.74, 6) is -1.82. The van der Waals surface area contributed by atoms with E-state index in [0.29, 0.717) is 43.9 Å². The predicted molar refractivity (Wildman–Crippen MR) is 84.9 cm³/mol. The second-order valence-electron chi connectivity index (χ2n) is 5.44. The molecule has 1 aliphatic rings. The second kappa shape index (κ2) is 6.00. The molecule has 0 saturated carbocycles. The number of aromatic nitrogens is 1. The lowest BCUT2D eigenvalue weighted by atomic mass is 10.1. The molecule has 0 aliphatic carbocycles. The lowest BCUT2D eigenvalue weighted by molar-refractivity contribution is 0.0695. The summed E-state index contributed by atoms with van der Waals surface area (Å²) in [7, 11) is 0. The standard InChI is InChI=1S/C16H17FN3O3/c1-2-19-9-11(16(22)23)15(21)10-7-12(17)14(8-13(10)19)20-5-3-18-4-6-20/h7-9H,2-6H2,1H3,(H,22,23). The van der Waals surface area contributed by atoms with Gasteiger partial charge in [0, 0.05) is 44.3 Å². The van der Waals surface area contributed by atoms with Crippen molar-refractivity contribution < 1.29 is 14.3 Å². The van der Waals surface area contributed by atoms with Gasteiger partial charge in [0.25, 0.3) is 0 Å². The maximum atomic E-state index is 14.5. The summed E-state index contributed by atoms with van der Waals surface area (Å²) in [6, 6.07) is 2.78. The Balaban J connectivity index is 2.24. The van der Waals surface area contributed by atoms with Crippen molar-refractivity contribution in [2.24, 2.45) is 0 Å². The van der Waals surface area contributed by atoms with Gasteiger partial charge in [-0.3, -0.25) is 4.79 Å². The van der Waals surface area contributed by atoms with Crippen molar-refractivity contribution in [3.8, 4) is 0 Å². The van der Waals surface area contributed by atoms with E-state index < -0.39 is 17.2 Å². The zero-order valence-electron chi connectivity index (χ0n) is 12.8. The minimum absolute atomic E-state index is 0.0923. The van der Waals surface area contributed by atoms with Gasteiger partial charge in [-0.15, -0.1) is 0 Å². The Kier molecular flexibility index (Phi) is 4.04. The molecule has 1 fully saturated rings. The zero-order valence-corrected chi connectivity index (χ0v) is 12.8. The van der Waals surface area contributed by atoms with Crippen LogP contribution in [-0.2, 0) is 6.54 Å². The number of fused-ring (bicyclic) bond motifs is 1. The van der Waals surface area contributed by atoms with Gasteiger partial charge in [0.2, 0.25) is 5.43 Å². The molecule has 0 amide bonds. The van der Waals surface area contributed by atoms with E-state index >= 15 is 0 Å². The maximum Gasteiger partial charge on any atom is 0.341 e. The Labute approximate surface area is 132 Å². The Morgan fingerprint density at radius 2 is 2.04 bits per heavy atom. The summed E-state index contributed by atoms with van der Waals surface area (Å²) in [5.41, 5.74) is -0.0296. The smallest absolute Gasteiger partial charge is 0.341 e. The Bertz CT molecular complexity index is 825. The molecule has 0 unspecified atom stereocenters. The number of nitrogens with zero attached hydrogens (tertiary/aromatic N) is 3. The predicted octanol–water partition coefficient (Wildman–Crippen LogP) is 1.28. The van der Waals surface area contributed by atoms with Crippen molar-refractivity contribution in [3.05, 3.63) is 39.9 Å². The van der Waals surface area contributed by atoms with E-state index in [9.17, 15) is 14.0 Å². The third-order valence-corrected chi connectivity index (χ3v) is 4.12. The number of rotatable bonds is 3. The fourth-order valence-electron chi connectivity index (χ4n) is 2.90. The molecule has 1 radical (unpaired) electrons. The first-order chi connectivity index (χ1) is 11.0. The van der Waals surface area contributed by atoms with Gasteiger partial charge < -0.3 is 14.6 Å². The van der Waals surface area contributed by atoms with Crippen molar-refractivity contribution in [1.29, 1.82) is 0 Å². The van der Waals surface area contributed by atoms with E-state index in [1.807, 2.05) is 11.8 Å². The van der Waals surface area contributed by atoms with Gasteiger partial charge >= 0.3 is 5.97 Å². The lowest BCUT2D eigenvalue weighted by Crippen LogP contribution is -2.40. The van der Waals surface area contributed by atoms with E-state index in [-0.39, 0.29) is 10.9 Å². The number of carbonyl (C=O) groups is 1. The van der Waals surface area contributed by atoms with Crippen molar-refractivity contribution in [1.82, 2.24) is 9.88 Å². The molecule has 1 saturated heterocycles. The number of hydrogen-bond donors (Lipinski definition) is 1. The SMILES string of the molecule is CCn1cc(C(=O)O)c(=O)c2cc(F)c(N3CC[N]CC3)cc21. The fourth-order valence-corrected chi connectivity index (χ4v) is 2.90. The minimum Gasteiger partial charge on any atom is -0.477 e. The molecule has 121 valence electrons. The highest BCUT2D eigenvalue weighted by molar-refractivity contribution is 5.93. The van der Waals surface area contributed by atoms with Crippen LogP contribution in [0.2, 0.25) is 0 Å². The van der Waals surface area contributed by atoms with E-state index in [2.05, 4.69) is 5.32 Å². The molecule has 1 aliphatic heterocycles. The number of hydrogen-bond acceptors (Lipinski definition) is 3. The highest BCUT2D eigenvalue weighted by atomic mass is 19.1. The van der Waals surface area contributed by atoms with Crippen molar-refractivity contribution in [2.75, 3.05) is 31.1 Å². The number of aryl methyl sites for hydroxylation is 1. The van der Waals surface area contributed by atoms with Crippen molar-refractivity contribution in [3.63, 3.8) is 0 Å². The lowest BCUT2D eigenvalue weighted by Gasteiger charge is -2.29. The number of pyridine rings is 1. The quantitative estimate of drug-likeness (QED) is 0.925. The van der Waals surface area contributed by atoms with Crippen LogP contribution < -0.4 is 15.6 Å². The van der Waals surface area contributed by atoms with E-state index in [0.717, 1.165) is 6.07 Å². The molecule has 23 heavy (non-hydrogen) atoms. The molecule has 1 aromatic carbocycles. The largest absolute Gasteiger partial charge is 0.477 e. The number of piperazine rings is 1. The zero-order chi connectivity index (χ0) is 16.6. The van der Waals surface area contributed by atoms with Crippen LogP contribution in [0.5, 0.6) is 0 Å². The molecule has 0 bridgehead atoms. The van der Waals surface area contributed by atoms with Gasteiger partial charge in [-0.1, -0.05) is 0 Å². The van der Waals surface area contributed by atoms with Crippen LogP contribution in [0, 0.1) is 5.82 Å². The van der Waals surface area contributed by atoms with Gasteiger partial charge in [0.1, 0.15) is 11.4 Å².